The number of amides is 1. The molecule has 33 heavy (non-hydrogen) atoms. The molecule has 0 fully saturated rings. The Kier molecular flexibility index (Phi) is 8.36. The summed E-state index contributed by atoms with van der Waals surface area (Å²) < 4.78 is 31.0. The molecule has 3 rings (SSSR count). The highest BCUT2D eigenvalue weighted by atomic mass is 79.9. The lowest BCUT2D eigenvalue weighted by Gasteiger charge is -2.14. The first kappa shape index (κ1) is 24.6. The molecule has 0 atom stereocenters. The lowest BCUT2D eigenvalue weighted by molar-refractivity contribution is -0.111. The number of nitrogens with one attached hydrogen (secondary N) is 1. The summed E-state index contributed by atoms with van der Waals surface area (Å²) >= 11 is 9.57. The molecule has 1 amide bonds. The smallest absolute Gasteiger partial charge is 0.248 e. The van der Waals surface area contributed by atoms with Gasteiger partial charge in [0.05, 0.1) is 24.4 Å². The summed E-state index contributed by atoms with van der Waals surface area (Å²) in [6.45, 7) is 1.88. The molecule has 0 aliphatic heterocycles. The van der Waals surface area contributed by atoms with Crippen molar-refractivity contribution in [2.45, 2.75) is 13.5 Å². The lowest BCUT2D eigenvalue weighted by atomic mass is 10.1. The van der Waals surface area contributed by atoms with Crippen LogP contribution >= 0.6 is 27.5 Å². The molecule has 3 aromatic carbocycles. The lowest BCUT2D eigenvalue weighted by Crippen LogP contribution is -2.09. The Morgan fingerprint density at radius 2 is 1.85 bits per heavy atom. The molecule has 0 unspecified atom stereocenters. The van der Waals surface area contributed by atoms with Gasteiger partial charge < -0.3 is 19.5 Å². The summed E-state index contributed by atoms with van der Waals surface area (Å²) in [4.78, 5) is 12.5. The van der Waals surface area contributed by atoms with Crippen molar-refractivity contribution in [3.05, 3.63) is 86.6 Å². The van der Waals surface area contributed by atoms with E-state index in [1.54, 1.807) is 48.5 Å². The summed E-state index contributed by atoms with van der Waals surface area (Å²) in [5.74, 6) is 0.656. The Balaban J connectivity index is 1.75. The monoisotopic (exact) mass is 533 g/mol. The largest absolute Gasteiger partial charge is 0.495 e. The van der Waals surface area contributed by atoms with Crippen molar-refractivity contribution in [1.82, 2.24) is 0 Å². The molecule has 0 aliphatic rings. The van der Waals surface area contributed by atoms with E-state index in [1.165, 1.54) is 26.4 Å². The van der Waals surface area contributed by atoms with Crippen LogP contribution in [0.5, 0.6) is 17.2 Å². The van der Waals surface area contributed by atoms with Gasteiger partial charge in [0.15, 0.2) is 11.5 Å². The maximum absolute atomic E-state index is 13.9. The molecule has 0 aromatic heterocycles. The molecule has 5 nitrogen and oxygen atoms in total. The van der Waals surface area contributed by atoms with Gasteiger partial charge >= 0.3 is 0 Å². The zero-order chi connectivity index (χ0) is 24.0. The van der Waals surface area contributed by atoms with Crippen LogP contribution in [0.2, 0.25) is 5.02 Å². The minimum atomic E-state index is -0.343. The second-order valence-corrected chi connectivity index (χ2v) is 8.30. The topological polar surface area (TPSA) is 56.8 Å². The molecular formula is C25H22BrClFNO4. The van der Waals surface area contributed by atoms with Gasteiger partial charge in [0.2, 0.25) is 5.91 Å². The molecule has 0 spiro atoms. The maximum Gasteiger partial charge on any atom is 0.248 e. The molecule has 0 saturated heterocycles. The van der Waals surface area contributed by atoms with E-state index in [0.29, 0.717) is 43.6 Å². The molecule has 172 valence electrons. The molecule has 3 aromatic rings. The minimum Gasteiger partial charge on any atom is -0.495 e. The van der Waals surface area contributed by atoms with Crippen molar-refractivity contribution in [3.63, 3.8) is 0 Å². The minimum absolute atomic E-state index is 0.0432. The number of ether oxygens (including phenoxy) is 3. The Morgan fingerprint density at radius 3 is 2.55 bits per heavy atom. The van der Waals surface area contributed by atoms with E-state index in [-0.39, 0.29) is 18.3 Å². The summed E-state index contributed by atoms with van der Waals surface area (Å²) in [5.41, 5.74) is 2.47. The number of hydrogen-bond donors (Lipinski definition) is 1. The predicted octanol–water partition coefficient (Wildman–Crippen LogP) is 6.80. The molecule has 0 heterocycles. The summed E-state index contributed by atoms with van der Waals surface area (Å²) in [6.07, 6.45) is 3.03. The van der Waals surface area contributed by atoms with Crippen LogP contribution < -0.4 is 19.5 Å². The highest BCUT2D eigenvalue weighted by Crippen LogP contribution is 2.38. The Hall–Kier alpha value is -3.03. The molecule has 0 radical (unpaired) electrons. The van der Waals surface area contributed by atoms with Crippen LogP contribution in [0.4, 0.5) is 10.1 Å². The molecule has 0 bridgehead atoms. The number of benzene rings is 3. The number of carbonyl (C=O) groups is 1. The van der Waals surface area contributed by atoms with Crippen LogP contribution in [0.3, 0.4) is 0 Å². The van der Waals surface area contributed by atoms with Crippen molar-refractivity contribution >= 4 is 45.2 Å². The number of halogens is 3. The van der Waals surface area contributed by atoms with Crippen molar-refractivity contribution in [2.75, 3.05) is 19.5 Å². The molecule has 1 N–H and O–H groups in total. The second kappa shape index (κ2) is 11.2. The number of methoxy groups -OCH3 is 2. The second-order valence-electron chi connectivity index (χ2n) is 7.04. The third kappa shape index (κ3) is 6.27. The van der Waals surface area contributed by atoms with Gasteiger partial charge in [0, 0.05) is 22.7 Å². The van der Waals surface area contributed by atoms with Gasteiger partial charge in [0.25, 0.3) is 0 Å². The number of hydrogen-bond acceptors (Lipinski definition) is 4. The molecule has 0 saturated carbocycles. The number of anilines is 1. The van der Waals surface area contributed by atoms with Gasteiger partial charge in [-0.2, -0.15) is 0 Å². The number of rotatable bonds is 8. The van der Waals surface area contributed by atoms with Gasteiger partial charge in [-0.1, -0.05) is 29.8 Å². The van der Waals surface area contributed by atoms with E-state index in [4.69, 9.17) is 25.8 Å². The molecule has 8 heteroatoms. The Morgan fingerprint density at radius 1 is 1.12 bits per heavy atom. The van der Waals surface area contributed by atoms with Crippen LogP contribution in [-0.2, 0) is 11.4 Å². The third-order valence-electron chi connectivity index (χ3n) is 4.75. The first-order chi connectivity index (χ1) is 15.8. The summed E-state index contributed by atoms with van der Waals surface area (Å²) in [5, 5.41) is 3.34. The van der Waals surface area contributed by atoms with Gasteiger partial charge in [-0.15, -0.1) is 0 Å². The van der Waals surface area contributed by atoms with E-state index < -0.39 is 0 Å². The van der Waals surface area contributed by atoms with Crippen LogP contribution in [0.1, 0.15) is 16.7 Å². The summed E-state index contributed by atoms with van der Waals surface area (Å²) in [6, 6.07) is 13.3. The zero-order valence-corrected chi connectivity index (χ0v) is 20.6. The number of carbonyl (C=O) groups excluding carboxylic acids is 1. The average molecular weight is 535 g/mol. The first-order valence-electron chi connectivity index (χ1n) is 9.89. The van der Waals surface area contributed by atoms with Gasteiger partial charge in [-0.25, -0.2) is 4.39 Å². The van der Waals surface area contributed by atoms with E-state index in [2.05, 4.69) is 21.2 Å². The highest BCUT2D eigenvalue weighted by molar-refractivity contribution is 9.10. The third-order valence-corrected chi connectivity index (χ3v) is 5.74. The van der Waals surface area contributed by atoms with Crippen molar-refractivity contribution < 1.29 is 23.4 Å². The normalized spacial score (nSPS) is 10.8. The fourth-order valence-electron chi connectivity index (χ4n) is 3.02. The van der Waals surface area contributed by atoms with E-state index in [1.807, 2.05) is 6.92 Å². The van der Waals surface area contributed by atoms with Crippen molar-refractivity contribution in [3.8, 4) is 17.2 Å². The highest BCUT2D eigenvalue weighted by Gasteiger charge is 2.13. The van der Waals surface area contributed by atoms with E-state index in [0.717, 1.165) is 5.56 Å². The Bertz CT molecular complexity index is 1200. The van der Waals surface area contributed by atoms with Gasteiger partial charge in [-0.05, 0) is 64.3 Å². The average Bonchev–Trinajstić information content (AvgIpc) is 2.79. The fourth-order valence-corrected chi connectivity index (χ4v) is 3.75. The van der Waals surface area contributed by atoms with Crippen molar-refractivity contribution in [1.29, 1.82) is 0 Å². The first-order valence-corrected chi connectivity index (χ1v) is 11.1. The SMILES string of the molecule is COc1cc(Cl)c(C)cc1NC(=O)/C=C/c1cc(Br)c(OCc2ccccc2F)c(OC)c1. The maximum atomic E-state index is 13.9. The van der Waals surface area contributed by atoms with E-state index >= 15 is 0 Å². The quantitative estimate of drug-likeness (QED) is 0.323. The zero-order valence-electron chi connectivity index (χ0n) is 18.2. The van der Waals surface area contributed by atoms with Crippen LogP contribution in [0, 0.1) is 12.7 Å². The molecule has 0 aliphatic carbocycles. The fraction of sp³-hybridized carbons (Fsp3) is 0.160. The van der Waals surface area contributed by atoms with Crippen molar-refractivity contribution in [2.24, 2.45) is 0 Å². The van der Waals surface area contributed by atoms with Gasteiger partial charge in [-0.3, -0.25) is 4.79 Å². The van der Waals surface area contributed by atoms with Crippen LogP contribution in [-0.4, -0.2) is 20.1 Å². The standard InChI is InChI=1S/C25H22BrClFNO4/c1-15-10-21(22(31-2)13-19(15)27)29-24(30)9-8-16-11-18(26)25(23(12-16)32-3)33-14-17-6-4-5-7-20(17)28/h4-13H,14H2,1-3H3,(H,29,30)/b9-8+. The molecular weight excluding hydrogens is 513 g/mol. The van der Waals surface area contributed by atoms with Crippen LogP contribution in [0.25, 0.3) is 6.08 Å². The summed E-state index contributed by atoms with van der Waals surface area (Å²) in [7, 11) is 3.01. The predicted molar refractivity (Wildman–Crippen MR) is 132 cm³/mol. The Labute approximate surface area is 205 Å². The van der Waals surface area contributed by atoms with Gasteiger partial charge in [0.1, 0.15) is 18.2 Å². The number of aryl methyl sites for hydroxylation is 1. The van der Waals surface area contributed by atoms with E-state index in [9.17, 15) is 9.18 Å². The van der Waals surface area contributed by atoms with Crippen LogP contribution in [0.15, 0.2) is 59.1 Å².